The lowest BCUT2D eigenvalue weighted by Gasteiger charge is -2.03. The molecule has 2 aromatic rings. The first-order valence-electron chi connectivity index (χ1n) is 6.11. The molecule has 0 fully saturated rings. The van der Waals surface area contributed by atoms with E-state index >= 15 is 0 Å². The second kappa shape index (κ2) is 6.00. The van der Waals surface area contributed by atoms with Crippen LogP contribution in [0.1, 0.15) is 30.1 Å². The number of amides is 1. The van der Waals surface area contributed by atoms with Crippen LogP contribution in [0, 0.1) is 0 Å². The van der Waals surface area contributed by atoms with Gasteiger partial charge in [-0.1, -0.05) is 48.8 Å². The number of hydrogen-bond donors (Lipinski definition) is 1. The molecule has 94 valence electrons. The molecule has 0 unspecified atom stereocenters. The molecule has 2 rings (SSSR count). The van der Waals surface area contributed by atoms with Crippen molar-refractivity contribution >= 4 is 5.91 Å². The Bertz CT molecular complexity index is 506. The van der Waals surface area contributed by atoms with E-state index in [4.69, 9.17) is 4.52 Å². The maximum Gasteiger partial charge on any atom is 0.256 e. The van der Waals surface area contributed by atoms with Gasteiger partial charge in [0.2, 0.25) is 0 Å². The fraction of sp³-hybridized carbons (Fsp3) is 0.286. The Morgan fingerprint density at radius 2 is 2.11 bits per heavy atom. The molecule has 4 nitrogen and oxygen atoms in total. The van der Waals surface area contributed by atoms with Crippen molar-refractivity contribution < 1.29 is 9.32 Å². The van der Waals surface area contributed by atoms with E-state index in [2.05, 4.69) is 17.4 Å². The van der Waals surface area contributed by atoms with Crippen LogP contribution in [0.25, 0.3) is 11.3 Å². The Balaban J connectivity index is 2.15. The highest BCUT2D eigenvalue weighted by Gasteiger charge is 2.16. The summed E-state index contributed by atoms with van der Waals surface area (Å²) in [6.45, 7) is 2.76. The molecule has 0 aliphatic carbocycles. The van der Waals surface area contributed by atoms with E-state index in [1.54, 1.807) is 0 Å². The second-order valence-corrected chi connectivity index (χ2v) is 4.05. The average molecular weight is 244 g/mol. The number of carbonyl (C=O) groups excluding carboxylic acids is 1. The summed E-state index contributed by atoms with van der Waals surface area (Å²) < 4.78 is 4.92. The zero-order valence-corrected chi connectivity index (χ0v) is 10.3. The number of nitrogens with one attached hydrogen (secondary N) is 1. The third kappa shape index (κ3) is 2.77. The molecule has 1 aromatic heterocycles. The monoisotopic (exact) mass is 244 g/mol. The molecule has 1 N–H and O–H groups in total. The van der Waals surface area contributed by atoms with Crippen molar-refractivity contribution in [3.05, 3.63) is 42.2 Å². The zero-order chi connectivity index (χ0) is 12.8. The van der Waals surface area contributed by atoms with Gasteiger partial charge in [-0.05, 0) is 6.42 Å². The molecule has 18 heavy (non-hydrogen) atoms. The Kier molecular flexibility index (Phi) is 4.12. The summed E-state index contributed by atoms with van der Waals surface area (Å²) in [5.41, 5.74) is 1.95. The maximum atomic E-state index is 12.0. The standard InChI is InChI=1S/C14H16N2O2/c1-2-3-9-15-14(17)12-10-18-16-13(12)11-7-5-4-6-8-11/h4-8,10H,2-3,9H2,1H3,(H,15,17). The van der Waals surface area contributed by atoms with E-state index in [9.17, 15) is 4.79 Å². The molecule has 0 atom stereocenters. The number of hydrogen-bond acceptors (Lipinski definition) is 3. The van der Waals surface area contributed by atoms with Crippen LogP contribution in [0.2, 0.25) is 0 Å². The SMILES string of the molecule is CCCCNC(=O)c1conc1-c1ccccc1. The van der Waals surface area contributed by atoms with Crippen LogP contribution < -0.4 is 5.32 Å². The fourth-order valence-corrected chi connectivity index (χ4v) is 1.68. The highest BCUT2D eigenvalue weighted by atomic mass is 16.5. The molecule has 0 radical (unpaired) electrons. The van der Waals surface area contributed by atoms with Crippen molar-refractivity contribution in [2.45, 2.75) is 19.8 Å². The molecule has 0 bridgehead atoms. The number of aromatic nitrogens is 1. The summed E-state index contributed by atoms with van der Waals surface area (Å²) in [6, 6.07) is 9.54. The van der Waals surface area contributed by atoms with Crippen LogP contribution >= 0.6 is 0 Å². The van der Waals surface area contributed by atoms with Gasteiger partial charge in [0.1, 0.15) is 17.5 Å². The van der Waals surface area contributed by atoms with Crippen LogP contribution in [-0.2, 0) is 0 Å². The molecule has 1 amide bonds. The van der Waals surface area contributed by atoms with E-state index in [-0.39, 0.29) is 5.91 Å². The van der Waals surface area contributed by atoms with Crippen molar-refractivity contribution in [3.63, 3.8) is 0 Å². The first kappa shape index (κ1) is 12.4. The van der Waals surface area contributed by atoms with E-state index in [0.29, 0.717) is 17.8 Å². The van der Waals surface area contributed by atoms with Crippen LogP contribution in [0.5, 0.6) is 0 Å². The molecule has 0 aliphatic heterocycles. The highest BCUT2D eigenvalue weighted by Crippen LogP contribution is 2.21. The van der Waals surface area contributed by atoms with Gasteiger partial charge in [-0.2, -0.15) is 0 Å². The highest BCUT2D eigenvalue weighted by molar-refractivity contribution is 5.99. The Morgan fingerprint density at radius 3 is 2.83 bits per heavy atom. The summed E-state index contributed by atoms with van der Waals surface area (Å²) in [4.78, 5) is 12.0. The number of nitrogens with zero attached hydrogens (tertiary/aromatic N) is 1. The van der Waals surface area contributed by atoms with Gasteiger partial charge in [-0.15, -0.1) is 0 Å². The first-order chi connectivity index (χ1) is 8.83. The van der Waals surface area contributed by atoms with Crippen LogP contribution in [-0.4, -0.2) is 17.6 Å². The van der Waals surface area contributed by atoms with Crippen molar-refractivity contribution in [3.8, 4) is 11.3 Å². The number of carbonyl (C=O) groups is 1. The Labute approximate surface area is 106 Å². The van der Waals surface area contributed by atoms with Crippen molar-refractivity contribution in [1.29, 1.82) is 0 Å². The Morgan fingerprint density at radius 1 is 1.33 bits per heavy atom. The summed E-state index contributed by atoms with van der Waals surface area (Å²) >= 11 is 0. The molecule has 1 heterocycles. The average Bonchev–Trinajstić information content (AvgIpc) is 2.89. The van der Waals surface area contributed by atoms with Gasteiger partial charge in [0.25, 0.3) is 5.91 Å². The lowest BCUT2D eigenvalue weighted by Crippen LogP contribution is -2.24. The summed E-state index contributed by atoms with van der Waals surface area (Å²) in [5.74, 6) is -0.136. The van der Waals surface area contributed by atoms with E-state index < -0.39 is 0 Å². The topological polar surface area (TPSA) is 55.1 Å². The predicted molar refractivity (Wildman–Crippen MR) is 69.2 cm³/mol. The lowest BCUT2D eigenvalue weighted by atomic mass is 10.1. The third-order valence-electron chi connectivity index (χ3n) is 2.68. The molecular weight excluding hydrogens is 228 g/mol. The van der Waals surface area contributed by atoms with E-state index in [1.807, 2.05) is 30.3 Å². The minimum atomic E-state index is -0.136. The minimum absolute atomic E-state index is 0.136. The molecule has 4 heteroatoms. The normalized spacial score (nSPS) is 10.3. The zero-order valence-electron chi connectivity index (χ0n) is 10.3. The number of rotatable bonds is 5. The molecule has 0 saturated carbocycles. The van der Waals surface area contributed by atoms with Gasteiger partial charge in [0.05, 0.1) is 0 Å². The van der Waals surface area contributed by atoms with Crippen molar-refractivity contribution in [2.75, 3.05) is 6.54 Å². The summed E-state index contributed by atoms with van der Waals surface area (Å²) in [7, 11) is 0. The second-order valence-electron chi connectivity index (χ2n) is 4.05. The largest absolute Gasteiger partial charge is 0.363 e. The maximum absolute atomic E-state index is 12.0. The van der Waals surface area contributed by atoms with E-state index in [1.165, 1.54) is 6.26 Å². The molecule has 1 aromatic carbocycles. The summed E-state index contributed by atoms with van der Waals surface area (Å²) in [5, 5.41) is 6.76. The predicted octanol–water partition coefficient (Wildman–Crippen LogP) is 2.87. The molecular formula is C14H16N2O2. The smallest absolute Gasteiger partial charge is 0.256 e. The van der Waals surface area contributed by atoms with Gasteiger partial charge in [0.15, 0.2) is 0 Å². The quantitative estimate of drug-likeness (QED) is 0.823. The molecule has 0 saturated heterocycles. The number of unbranched alkanes of at least 4 members (excludes halogenated alkanes) is 1. The van der Waals surface area contributed by atoms with Crippen molar-refractivity contribution in [1.82, 2.24) is 10.5 Å². The molecule has 0 spiro atoms. The van der Waals surface area contributed by atoms with E-state index in [0.717, 1.165) is 18.4 Å². The van der Waals surface area contributed by atoms with Gasteiger partial charge in [0, 0.05) is 12.1 Å². The van der Waals surface area contributed by atoms with Crippen molar-refractivity contribution in [2.24, 2.45) is 0 Å². The van der Waals surface area contributed by atoms with Gasteiger partial charge >= 0.3 is 0 Å². The summed E-state index contributed by atoms with van der Waals surface area (Å²) in [6.07, 6.45) is 3.41. The first-order valence-corrected chi connectivity index (χ1v) is 6.11. The Hall–Kier alpha value is -2.10. The van der Waals surface area contributed by atoms with Crippen LogP contribution in [0.3, 0.4) is 0 Å². The van der Waals surface area contributed by atoms with Gasteiger partial charge in [-0.25, -0.2) is 0 Å². The molecule has 0 aliphatic rings. The van der Waals surface area contributed by atoms with Gasteiger partial charge < -0.3 is 9.84 Å². The lowest BCUT2D eigenvalue weighted by molar-refractivity contribution is 0.0953. The third-order valence-corrected chi connectivity index (χ3v) is 2.68. The number of benzene rings is 1. The van der Waals surface area contributed by atoms with Gasteiger partial charge in [-0.3, -0.25) is 4.79 Å². The minimum Gasteiger partial charge on any atom is -0.363 e. The van der Waals surface area contributed by atoms with Crippen LogP contribution in [0.15, 0.2) is 41.1 Å². The van der Waals surface area contributed by atoms with Crippen LogP contribution in [0.4, 0.5) is 0 Å². The fourth-order valence-electron chi connectivity index (χ4n) is 1.68.